The number of para-hydroxylation sites is 1. The zero-order valence-corrected chi connectivity index (χ0v) is 11.2. The maximum Gasteiger partial charge on any atom is 0.243 e. The zero-order chi connectivity index (χ0) is 13.7. The highest BCUT2D eigenvalue weighted by atomic mass is 16.5. The van der Waals surface area contributed by atoms with Crippen molar-refractivity contribution in [2.45, 2.75) is 32.9 Å². The summed E-state index contributed by atoms with van der Waals surface area (Å²) in [6, 6.07) is 9.31. The van der Waals surface area contributed by atoms with E-state index in [0.717, 1.165) is 12.2 Å². The highest BCUT2D eigenvalue weighted by molar-refractivity contribution is 5.20. The first-order chi connectivity index (χ1) is 9.15. The number of rotatable bonds is 6. The van der Waals surface area contributed by atoms with E-state index in [2.05, 4.69) is 24.0 Å². The van der Waals surface area contributed by atoms with E-state index in [-0.39, 0.29) is 12.6 Å². The molecule has 0 aliphatic heterocycles. The SMILES string of the molecule is CC(C)CC(N)c1nc(COc2ccccc2)no1. The van der Waals surface area contributed by atoms with Crippen LogP contribution in [0.25, 0.3) is 0 Å². The standard InChI is InChI=1S/C14H19N3O2/c1-10(2)8-12(15)14-16-13(17-19-14)9-18-11-6-4-3-5-7-11/h3-7,10,12H,8-9,15H2,1-2H3. The van der Waals surface area contributed by atoms with Gasteiger partial charge in [-0.15, -0.1) is 0 Å². The van der Waals surface area contributed by atoms with Gasteiger partial charge in [-0.25, -0.2) is 0 Å². The summed E-state index contributed by atoms with van der Waals surface area (Å²) in [5.41, 5.74) is 5.98. The second-order valence-electron chi connectivity index (χ2n) is 4.89. The van der Waals surface area contributed by atoms with Gasteiger partial charge in [0.25, 0.3) is 0 Å². The minimum absolute atomic E-state index is 0.210. The van der Waals surface area contributed by atoms with Gasteiger partial charge in [0.2, 0.25) is 11.7 Å². The highest BCUT2D eigenvalue weighted by Gasteiger charge is 2.16. The van der Waals surface area contributed by atoms with E-state index < -0.39 is 0 Å². The van der Waals surface area contributed by atoms with Crippen LogP contribution in [0.3, 0.4) is 0 Å². The number of nitrogens with zero attached hydrogens (tertiary/aromatic N) is 2. The molecule has 0 bridgehead atoms. The zero-order valence-electron chi connectivity index (χ0n) is 11.2. The van der Waals surface area contributed by atoms with Crippen LogP contribution in [0.5, 0.6) is 5.75 Å². The molecule has 1 aromatic heterocycles. The maximum absolute atomic E-state index is 5.98. The Hall–Kier alpha value is -1.88. The van der Waals surface area contributed by atoms with Gasteiger partial charge in [-0.3, -0.25) is 0 Å². The van der Waals surface area contributed by atoms with Gasteiger partial charge in [0, 0.05) is 0 Å². The van der Waals surface area contributed by atoms with Crippen molar-refractivity contribution in [3.05, 3.63) is 42.0 Å². The molecule has 5 heteroatoms. The molecule has 1 atom stereocenters. The van der Waals surface area contributed by atoms with Crippen molar-refractivity contribution in [1.82, 2.24) is 10.1 Å². The summed E-state index contributed by atoms with van der Waals surface area (Å²) in [5, 5.41) is 3.87. The van der Waals surface area contributed by atoms with Crippen LogP contribution < -0.4 is 10.5 Å². The predicted molar refractivity (Wildman–Crippen MR) is 71.5 cm³/mol. The molecule has 0 amide bonds. The Morgan fingerprint density at radius 1 is 1.26 bits per heavy atom. The molecule has 19 heavy (non-hydrogen) atoms. The number of hydrogen-bond acceptors (Lipinski definition) is 5. The number of aromatic nitrogens is 2. The van der Waals surface area contributed by atoms with Gasteiger partial charge in [-0.05, 0) is 24.5 Å². The molecule has 0 fully saturated rings. The third-order valence-corrected chi connectivity index (χ3v) is 2.64. The fourth-order valence-electron chi connectivity index (χ4n) is 1.75. The summed E-state index contributed by atoms with van der Waals surface area (Å²) >= 11 is 0. The van der Waals surface area contributed by atoms with Crippen LogP contribution in [0.1, 0.15) is 38.0 Å². The van der Waals surface area contributed by atoms with Crippen LogP contribution in [-0.2, 0) is 6.61 Å². The van der Waals surface area contributed by atoms with E-state index in [1.54, 1.807) is 0 Å². The van der Waals surface area contributed by atoms with E-state index in [1.807, 2.05) is 30.3 Å². The van der Waals surface area contributed by atoms with Crippen LogP contribution in [-0.4, -0.2) is 10.1 Å². The third kappa shape index (κ3) is 4.06. The topological polar surface area (TPSA) is 74.2 Å². The lowest BCUT2D eigenvalue weighted by atomic mass is 10.0. The fourth-order valence-corrected chi connectivity index (χ4v) is 1.75. The summed E-state index contributed by atoms with van der Waals surface area (Å²) in [4.78, 5) is 4.25. The summed E-state index contributed by atoms with van der Waals surface area (Å²) < 4.78 is 10.7. The van der Waals surface area contributed by atoms with Crippen LogP contribution >= 0.6 is 0 Å². The quantitative estimate of drug-likeness (QED) is 0.865. The minimum atomic E-state index is -0.210. The molecular weight excluding hydrogens is 242 g/mol. The van der Waals surface area contributed by atoms with Gasteiger partial charge in [-0.1, -0.05) is 37.2 Å². The van der Waals surface area contributed by atoms with Crippen molar-refractivity contribution in [2.75, 3.05) is 0 Å². The van der Waals surface area contributed by atoms with Gasteiger partial charge >= 0.3 is 0 Å². The van der Waals surface area contributed by atoms with Crippen molar-refractivity contribution >= 4 is 0 Å². The van der Waals surface area contributed by atoms with E-state index >= 15 is 0 Å². The number of ether oxygens (including phenoxy) is 1. The van der Waals surface area contributed by atoms with Crippen LogP contribution in [0.15, 0.2) is 34.9 Å². The van der Waals surface area contributed by atoms with Crippen molar-refractivity contribution in [3.8, 4) is 5.75 Å². The molecule has 2 N–H and O–H groups in total. The van der Waals surface area contributed by atoms with Gasteiger partial charge in [0.1, 0.15) is 5.75 Å². The summed E-state index contributed by atoms with van der Waals surface area (Å²) in [7, 11) is 0. The first-order valence-corrected chi connectivity index (χ1v) is 6.41. The lowest BCUT2D eigenvalue weighted by Gasteiger charge is -2.08. The lowest BCUT2D eigenvalue weighted by Crippen LogP contribution is -2.13. The monoisotopic (exact) mass is 261 g/mol. The Bertz CT molecular complexity index is 496. The molecule has 1 aromatic carbocycles. The fraction of sp³-hybridized carbons (Fsp3) is 0.429. The second-order valence-corrected chi connectivity index (χ2v) is 4.89. The molecule has 2 rings (SSSR count). The molecular formula is C14H19N3O2. The number of benzene rings is 1. The molecule has 0 saturated carbocycles. The lowest BCUT2D eigenvalue weighted by molar-refractivity contribution is 0.282. The van der Waals surface area contributed by atoms with Crippen molar-refractivity contribution in [3.63, 3.8) is 0 Å². The molecule has 1 heterocycles. The minimum Gasteiger partial charge on any atom is -0.485 e. The molecule has 0 aliphatic rings. The van der Waals surface area contributed by atoms with E-state index in [9.17, 15) is 0 Å². The largest absolute Gasteiger partial charge is 0.485 e. The second kappa shape index (κ2) is 6.33. The van der Waals surface area contributed by atoms with Crippen molar-refractivity contribution in [2.24, 2.45) is 11.7 Å². The Morgan fingerprint density at radius 2 is 2.00 bits per heavy atom. The molecule has 0 saturated heterocycles. The van der Waals surface area contributed by atoms with Crippen molar-refractivity contribution in [1.29, 1.82) is 0 Å². The average molecular weight is 261 g/mol. The summed E-state index contributed by atoms with van der Waals surface area (Å²) in [6.45, 7) is 4.49. The van der Waals surface area contributed by atoms with Gasteiger partial charge < -0.3 is 15.0 Å². The van der Waals surface area contributed by atoms with Gasteiger partial charge in [-0.2, -0.15) is 4.98 Å². The van der Waals surface area contributed by atoms with E-state index in [1.165, 1.54) is 0 Å². The average Bonchev–Trinajstić information content (AvgIpc) is 2.86. The first-order valence-electron chi connectivity index (χ1n) is 6.41. The summed E-state index contributed by atoms with van der Waals surface area (Å²) in [5.74, 6) is 2.25. The van der Waals surface area contributed by atoms with Crippen LogP contribution in [0, 0.1) is 5.92 Å². The molecule has 5 nitrogen and oxygen atoms in total. The highest BCUT2D eigenvalue weighted by Crippen LogP contribution is 2.17. The van der Waals surface area contributed by atoms with Crippen LogP contribution in [0.2, 0.25) is 0 Å². The summed E-state index contributed by atoms with van der Waals surface area (Å²) in [6.07, 6.45) is 0.821. The predicted octanol–water partition coefficient (Wildman–Crippen LogP) is 2.69. The van der Waals surface area contributed by atoms with E-state index in [0.29, 0.717) is 17.6 Å². The Morgan fingerprint density at radius 3 is 2.68 bits per heavy atom. The maximum atomic E-state index is 5.98. The molecule has 102 valence electrons. The first kappa shape index (κ1) is 13.5. The number of hydrogen-bond donors (Lipinski definition) is 1. The third-order valence-electron chi connectivity index (χ3n) is 2.64. The molecule has 0 aliphatic carbocycles. The van der Waals surface area contributed by atoms with Crippen LogP contribution in [0.4, 0.5) is 0 Å². The van der Waals surface area contributed by atoms with Gasteiger partial charge in [0.15, 0.2) is 6.61 Å². The Balaban J connectivity index is 1.90. The Labute approximate surface area is 112 Å². The molecule has 1 unspecified atom stereocenters. The Kier molecular flexibility index (Phi) is 4.52. The normalized spacial score (nSPS) is 12.6. The molecule has 0 spiro atoms. The molecule has 0 radical (unpaired) electrons. The van der Waals surface area contributed by atoms with Gasteiger partial charge in [0.05, 0.1) is 6.04 Å². The molecule has 2 aromatic rings. The number of nitrogens with two attached hydrogens (primary N) is 1. The van der Waals surface area contributed by atoms with Crippen molar-refractivity contribution < 1.29 is 9.26 Å². The smallest absolute Gasteiger partial charge is 0.243 e. The van der Waals surface area contributed by atoms with E-state index in [4.69, 9.17) is 15.0 Å².